The van der Waals surface area contributed by atoms with Crippen molar-refractivity contribution in [1.29, 1.82) is 0 Å². The number of nitrogens with one attached hydrogen (secondary N) is 1. The molecule has 2 unspecified atom stereocenters. The van der Waals surface area contributed by atoms with E-state index in [9.17, 15) is 9.59 Å². The van der Waals surface area contributed by atoms with Crippen molar-refractivity contribution in [3.05, 3.63) is 0 Å². The van der Waals surface area contributed by atoms with Crippen molar-refractivity contribution < 1.29 is 19.1 Å². The lowest BCUT2D eigenvalue weighted by molar-refractivity contribution is -0.146. The van der Waals surface area contributed by atoms with E-state index in [1.165, 1.54) is 7.11 Å². The highest BCUT2D eigenvalue weighted by Crippen LogP contribution is 1.99. The highest BCUT2D eigenvalue weighted by Gasteiger charge is 2.15. The van der Waals surface area contributed by atoms with Gasteiger partial charge in [-0.1, -0.05) is 19.8 Å². The first-order valence-corrected chi connectivity index (χ1v) is 5.99. The van der Waals surface area contributed by atoms with Crippen molar-refractivity contribution >= 4 is 11.9 Å². The van der Waals surface area contributed by atoms with Gasteiger partial charge in [-0.15, -0.1) is 0 Å². The minimum atomic E-state index is -0.775. The second-order valence-corrected chi connectivity index (χ2v) is 3.94. The fraction of sp³-hybridized carbons (Fsp3) is 0.818. The molecule has 0 bridgehead atoms. The van der Waals surface area contributed by atoms with Crippen molar-refractivity contribution in [2.45, 2.75) is 38.3 Å². The summed E-state index contributed by atoms with van der Waals surface area (Å²) in [5.41, 5.74) is 11.1. The Labute approximate surface area is 107 Å². The zero-order valence-corrected chi connectivity index (χ0v) is 11.0. The van der Waals surface area contributed by atoms with Crippen LogP contribution in [-0.2, 0) is 19.1 Å². The van der Waals surface area contributed by atoms with Gasteiger partial charge < -0.3 is 20.9 Å². The Kier molecular flexibility index (Phi) is 9.17. The predicted octanol–water partition coefficient (Wildman–Crippen LogP) is -0.905. The molecule has 0 amide bonds. The molecule has 0 saturated carbocycles. The van der Waals surface area contributed by atoms with E-state index in [0.717, 1.165) is 12.8 Å². The average molecular weight is 261 g/mol. The number of ether oxygens (including phenoxy) is 2. The quantitative estimate of drug-likeness (QED) is 0.279. The Hall–Kier alpha value is -1.18. The van der Waals surface area contributed by atoms with E-state index < -0.39 is 24.0 Å². The summed E-state index contributed by atoms with van der Waals surface area (Å²) in [4.78, 5) is 22.3. The molecule has 0 spiro atoms. The second-order valence-electron chi connectivity index (χ2n) is 3.94. The number of unbranched alkanes of at least 4 members (excludes halogenated alkanes) is 1. The standard InChI is InChI=1S/C11H23N3O4/c1-3-4-5-8(12)11(16)18-7-14-6-9(13)10(15)17-2/h8-9,14H,3-7,12-13H2,1-2H3. The van der Waals surface area contributed by atoms with E-state index in [-0.39, 0.29) is 13.3 Å². The fourth-order valence-electron chi connectivity index (χ4n) is 1.22. The molecule has 0 rings (SSSR count). The van der Waals surface area contributed by atoms with Crippen molar-refractivity contribution in [1.82, 2.24) is 5.32 Å². The van der Waals surface area contributed by atoms with E-state index in [1.807, 2.05) is 6.92 Å². The third-order valence-electron chi connectivity index (χ3n) is 2.36. The third-order valence-corrected chi connectivity index (χ3v) is 2.36. The van der Waals surface area contributed by atoms with Gasteiger partial charge in [0.05, 0.1) is 7.11 Å². The molecule has 18 heavy (non-hydrogen) atoms. The maximum atomic E-state index is 11.4. The van der Waals surface area contributed by atoms with Crippen molar-refractivity contribution in [2.24, 2.45) is 11.5 Å². The molecule has 0 saturated heterocycles. The van der Waals surface area contributed by atoms with Crippen molar-refractivity contribution in [3.63, 3.8) is 0 Å². The molecule has 7 nitrogen and oxygen atoms in total. The smallest absolute Gasteiger partial charge is 0.324 e. The second kappa shape index (κ2) is 9.81. The maximum absolute atomic E-state index is 11.4. The van der Waals surface area contributed by atoms with E-state index in [0.29, 0.717) is 6.42 Å². The number of hydrogen-bond donors (Lipinski definition) is 3. The van der Waals surface area contributed by atoms with Gasteiger partial charge in [0.2, 0.25) is 0 Å². The molecule has 0 fully saturated rings. The van der Waals surface area contributed by atoms with Crippen LogP contribution in [0.4, 0.5) is 0 Å². The number of carbonyl (C=O) groups excluding carboxylic acids is 2. The summed E-state index contributed by atoms with van der Waals surface area (Å²) < 4.78 is 9.32. The van der Waals surface area contributed by atoms with Gasteiger partial charge in [0.1, 0.15) is 18.8 Å². The van der Waals surface area contributed by atoms with Crippen LogP contribution in [0, 0.1) is 0 Å². The van der Waals surface area contributed by atoms with Gasteiger partial charge in [0.15, 0.2) is 0 Å². The minimum absolute atomic E-state index is 0.0245. The lowest BCUT2D eigenvalue weighted by atomic mass is 10.1. The molecule has 0 aromatic rings. The first-order chi connectivity index (χ1) is 8.52. The number of carbonyl (C=O) groups is 2. The van der Waals surface area contributed by atoms with Gasteiger partial charge in [0.25, 0.3) is 0 Å². The molecule has 7 heteroatoms. The summed E-state index contributed by atoms with van der Waals surface area (Å²) in [7, 11) is 1.26. The average Bonchev–Trinajstić information content (AvgIpc) is 2.39. The number of esters is 2. The summed E-state index contributed by atoms with van der Waals surface area (Å²) in [6.07, 6.45) is 2.47. The summed E-state index contributed by atoms with van der Waals surface area (Å²) in [5.74, 6) is -0.976. The molecular weight excluding hydrogens is 238 g/mol. The minimum Gasteiger partial charge on any atom is -0.468 e. The number of rotatable bonds is 9. The highest BCUT2D eigenvalue weighted by molar-refractivity contribution is 5.76. The lowest BCUT2D eigenvalue weighted by Gasteiger charge is -2.13. The first-order valence-electron chi connectivity index (χ1n) is 5.99. The summed E-state index contributed by atoms with van der Waals surface area (Å²) in [6, 6.07) is -1.37. The number of methoxy groups -OCH3 is 1. The van der Waals surface area contributed by atoms with Crippen molar-refractivity contribution in [2.75, 3.05) is 20.4 Å². The molecule has 0 aliphatic heterocycles. The Morgan fingerprint density at radius 1 is 1.22 bits per heavy atom. The van der Waals surface area contributed by atoms with Gasteiger partial charge in [-0.25, -0.2) is 0 Å². The van der Waals surface area contributed by atoms with Crippen molar-refractivity contribution in [3.8, 4) is 0 Å². The van der Waals surface area contributed by atoms with Gasteiger partial charge >= 0.3 is 11.9 Å². The highest BCUT2D eigenvalue weighted by atomic mass is 16.5. The molecule has 5 N–H and O–H groups in total. The molecular formula is C11H23N3O4. The van der Waals surface area contributed by atoms with Crippen LogP contribution in [0.5, 0.6) is 0 Å². The molecule has 0 aromatic carbocycles. The normalized spacial score (nSPS) is 13.8. The Bertz CT molecular complexity index is 261. The summed E-state index contributed by atoms with van der Waals surface area (Å²) in [6.45, 7) is 2.17. The monoisotopic (exact) mass is 261 g/mol. The molecule has 2 atom stereocenters. The Morgan fingerprint density at radius 2 is 1.89 bits per heavy atom. The van der Waals surface area contributed by atoms with Crippen LogP contribution in [0.25, 0.3) is 0 Å². The first kappa shape index (κ1) is 16.8. The van der Waals surface area contributed by atoms with Gasteiger partial charge in [-0.3, -0.25) is 14.9 Å². The number of hydrogen-bond acceptors (Lipinski definition) is 7. The predicted molar refractivity (Wildman–Crippen MR) is 66.5 cm³/mol. The Balaban J connectivity index is 3.65. The van der Waals surface area contributed by atoms with Gasteiger partial charge in [0, 0.05) is 6.54 Å². The van der Waals surface area contributed by atoms with Gasteiger partial charge in [-0.05, 0) is 6.42 Å². The molecule has 0 aliphatic carbocycles. The van der Waals surface area contributed by atoms with Gasteiger partial charge in [-0.2, -0.15) is 0 Å². The molecule has 0 aromatic heterocycles. The SMILES string of the molecule is CCCCC(N)C(=O)OCNCC(N)C(=O)OC. The van der Waals surface area contributed by atoms with Crippen LogP contribution in [0.15, 0.2) is 0 Å². The van der Waals surface area contributed by atoms with E-state index in [1.54, 1.807) is 0 Å². The largest absolute Gasteiger partial charge is 0.468 e. The molecule has 0 aliphatic rings. The summed E-state index contributed by atoms with van der Waals surface area (Å²) in [5, 5.41) is 2.72. The van der Waals surface area contributed by atoms with Crippen LogP contribution in [0.1, 0.15) is 26.2 Å². The van der Waals surface area contributed by atoms with E-state index >= 15 is 0 Å². The van der Waals surface area contributed by atoms with Crippen LogP contribution in [0.3, 0.4) is 0 Å². The van der Waals surface area contributed by atoms with Crippen LogP contribution in [0.2, 0.25) is 0 Å². The third kappa shape index (κ3) is 7.21. The zero-order chi connectivity index (χ0) is 14.0. The lowest BCUT2D eigenvalue weighted by Crippen LogP contribution is -2.42. The molecule has 0 heterocycles. The van der Waals surface area contributed by atoms with E-state index in [4.69, 9.17) is 16.2 Å². The zero-order valence-electron chi connectivity index (χ0n) is 11.0. The van der Waals surface area contributed by atoms with Crippen LogP contribution in [-0.4, -0.2) is 44.4 Å². The molecule has 0 radical (unpaired) electrons. The van der Waals surface area contributed by atoms with Crippen LogP contribution >= 0.6 is 0 Å². The van der Waals surface area contributed by atoms with Crippen LogP contribution < -0.4 is 16.8 Å². The maximum Gasteiger partial charge on any atom is 0.324 e. The number of nitrogens with two attached hydrogens (primary N) is 2. The Morgan fingerprint density at radius 3 is 2.44 bits per heavy atom. The molecule has 106 valence electrons. The fourth-order valence-corrected chi connectivity index (χ4v) is 1.22. The topological polar surface area (TPSA) is 117 Å². The summed E-state index contributed by atoms with van der Waals surface area (Å²) >= 11 is 0. The van der Waals surface area contributed by atoms with E-state index in [2.05, 4.69) is 10.1 Å².